The van der Waals surface area contributed by atoms with Gasteiger partial charge in [0.2, 0.25) is 10.0 Å². The summed E-state index contributed by atoms with van der Waals surface area (Å²) in [6, 6.07) is 11.7. The van der Waals surface area contributed by atoms with Crippen molar-refractivity contribution in [2.75, 3.05) is 12.4 Å². The zero-order valence-electron chi connectivity index (χ0n) is 14.6. The summed E-state index contributed by atoms with van der Waals surface area (Å²) in [4.78, 5) is 12.8. The number of carbonyl (C=O) groups excluding carboxylic acids is 1. The number of hydrogen-bond donors (Lipinski definition) is 3. The first-order valence-corrected chi connectivity index (χ1v) is 9.83. The Labute approximate surface area is 161 Å². The molecule has 0 aliphatic heterocycles. The average molecular weight is 405 g/mol. The van der Waals surface area contributed by atoms with Crippen LogP contribution < -0.4 is 10.0 Å². The van der Waals surface area contributed by atoms with Crippen molar-refractivity contribution in [1.29, 1.82) is 0 Å². The molecule has 3 N–H and O–H groups in total. The molecule has 0 spiro atoms. The third kappa shape index (κ3) is 4.02. The Balaban J connectivity index is 1.90. The van der Waals surface area contributed by atoms with Crippen molar-refractivity contribution in [3.05, 3.63) is 64.8 Å². The maximum absolute atomic E-state index is 12.7. The van der Waals surface area contributed by atoms with Crippen LogP contribution in [0.5, 0.6) is 0 Å². The van der Waals surface area contributed by atoms with E-state index in [0.717, 1.165) is 5.56 Å². The van der Waals surface area contributed by atoms with E-state index in [-0.39, 0.29) is 4.90 Å². The lowest BCUT2D eigenvalue weighted by Gasteiger charge is -2.10. The highest BCUT2D eigenvalue weighted by Crippen LogP contribution is 2.25. The van der Waals surface area contributed by atoms with Gasteiger partial charge in [0.25, 0.3) is 5.91 Å². The van der Waals surface area contributed by atoms with Gasteiger partial charge in [0, 0.05) is 16.3 Å². The molecule has 1 amide bonds. The van der Waals surface area contributed by atoms with Gasteiger partial charge in [-0.1, -0.05) is 29.8 Å². The molecular weight excluding hydrogens is 388 g/mol. The Kier molecular flexibility index (Phi) is 5.31. The first-order valence-electron chi connectivity index (χ1n) is 7.96. The lowest BCUT2D eigenvalue weighted by Crippen LogP contribution is -2.20. The highest BCUT2D eigenvalue weighted by Gasteiger charge is 2.18. The molecule has 0 radical (unpaired) electrons. The Morgan fingerprint density at radius 1 is 1.15 bits per heavy atom. The van der Waals surface area contributed by atoms with Crippen LogP contribution in [0.4, 0.5) is 5.69 Å². The fraction of sp³-hybridized carbons (Fsp3) is 0.111. The van der Waals surface area contributed by atoms with Crippen LogP contribution in [0, 0.1) is 6.92 Å². The number of rotatable bonds is 5. The van der Waals surface area contributed by atoms with Crippen LogP contribution in [0.3, 0.4) is 0 Å². The number of nitrogens with one attached hydrogen (secondary N) is 3. The van der Waals surface area contributed by atoms with E-state index >= 15 is 0 Å². The standard InChI is InChI=1S/C18H17ClN4O3S/c1-11-3-8-14(9-16(11)27(25,26)20-2)22-18(24)15-10-21-23-17(15)12-4-6-13(19)7-5-12/h3-10,20H,1-2H3,(H,21,23)(H,22,24). The number of aromatic nitrogens is 2. The number of benzene rings is 2. The molecule has 0 bridgehead atoms. The van der Waals surface area contributed by atoms with Crippen molar-refractivity contribution in [3.8, 4) is 11.3 Å². The number of hydrogen-bond acceptors (Lipinski definition) is 4. The van der Waals surface area contributed by atoms with E-state index in [1.807, 2.05) is 0 Å². The minimum atomic E-state index is -3.63. The number of sulfonamides is 1. The van der Waals surface area contributed by atoms with Crippen molar-refractivity contribution in [3.63, 3.8) is 0 Å². The lowest BCUT2D eigenvalue weighted by molar-refractivity contribution is 0.102. The van der Waals surface area contributed by atoms with Gasteiger partial charge in [0.05, 0.1) is 22.3 Å². The van der Waals surface area contributed by atoms with Gasteiger partial charge in [-0.15, -0.1) is 0 Å². The summed E-state index contributed by atoms with van der Waals surface area (Å²) in [6.45, 7) is 1.69. The third-order valence-electron chi connectivity index (χ3n) is 4.02. The van der Waals surface area contributed by atoms with E-state index in [1.165, 1.54) is 19.3 Å². The fourth-order valence-electron chi connectivity index (χ4n) is 2.57. The second kappa shape index (κ2) is 7.51. The van der Waals surface area contributed by atoms with Crippen LogP contribution in [0.15, 0.2) is 53.6 Å². The van der Waals surface area contributed by atoms with Gasteiger partial charge in [0.1, 0.15) is 0 Å². The summed E-state index contributed by atoms with van der Waals surface area (Å²) >= 11 is 5.90. The van der Waals surface area contributed by atoms with Gasteiger partial charge in [-0.3, -0.25) is 9.89 Å². The Morgan fingerprint density at radius 2 is 1.85 bits per heavy atom. The monoisotopic (exact) mass is 404 g/mol. The molecule has 0 unspecified atom stereocenters. The Bertz CT molecular complexity index is 1090. The van der Waals surface area contributed by atoms with E-state index in [9.17, 15) is 13.2 Å². The molecule has 3 aromatic rings. The minimum absolute atomic E-state index is 0.105. The highest BCUT2D eigenvalue weighted by atomic mass is 35.5. The van der Waals surface area contributed by atoms with E-state index in [1.54, 1.807) is 43.3 Å². The molecule has 3 rings (SSSR count). The molecule has 2 aromatic carbocycles. The van der Waals surface area contributed by atoms with Crippen LogP contribution in [0.1, 0.15) is 15.9 Å². The largest absolute Gasteiger partial charge is 0.322 e. The van der Waals surface area contributed by atoms with E-state index in [4.69, 9.17) is 11.6 Å². The van der Waals surface area contributed by atoms with Gasteiger partial charge in [-0.2, -0.15) is 5.10 Å². The van der Waals surface area contributed by atoms with Crippen molar-refractivity contribution in [2.45, 2.75) is 11.8 Å². The van der Waals surface area contributed by atoms with Crippen molar-refractivity contribution < 1.29 is 13.2 Å². The number of aryl methyl sites for hydroxylation is 1. The molecule has 7 nitrogen and oxygen atoms in total. The quantitative estimate of drug-likeness (QED) is 0.607. The summed E-state index contributed by atoms with van der Waals surface area (Å²) in [7, 11) is -2.29. The number of anilines is 1. The van der Waals surface area contributed by atoms with E-state index in [0.29, 0.717) is 27.5 Å². The predicted molar refractivity (Wildman–Crippen MR) is 104 cm³/mol. The zero-order valence-corrected chi connectivity index (χ0v) is 16.1. The second-order valence-electron chi connectivity index (χ2n) is 5.81. The van der Waals surface area contributed by atoms with Crippen molar-refractivity contribution >= 4 is 33.2 Å². The van der Waals surface area contributed by atoms with E-state index < -0.39 is 15.9 Å². The van der Waals surface area contributed by atoms with Crippen LogP contribution in [0.25, 0.3) is 11.3 Å². The first-order chi connectivity index (χ1) is 12.8. The molecule has 9 heteroatoms. The van der Waals surface area contributed by atoms with Gasteiger partial charge in [0.15, 0.2) is 0 Å². The number of aromatic amines is 1. The molecule has 1 aromatic heterocycles. The molecule has 0 atom stereocenters. The molecule has 140 valence electrons. The molecule has 27 heavy (non-hydrogen) atoms. The molecule has 0 saturated heterocycles. The van der Waals surface area contributed by atoms with Crippen molar-refractivity contribution in [1.82, 2.24) is 14.9 Å². The van der Waals surface area contributed by atoms with Gasteiger partial charge in [-0.05, 0) is 43.8 Å². The number of carbonyl (C=O) groups is 1. The van der Waals surface area contributed by atoms with Gasteiger partial charge in [-0.25, -0.2) is 13.1 Å². The Hall–Kier alpha value is -2.68. The fourth-order valence-corrected chi connectivity index (χ4v) is 3.69. The molecular formula is C18H17ClN4O3S. The van der Waals surface area contributed by atoms with Gasteiger partial charge >= 0.3 is 0 Å². The number of H-pyrrole nitrogens is 1. The van der Waals surface area contributed by atoms with Crippen LogP contribution >= 0.6 is 11.6 Å². The second-order valence-corrected chi connectivity index (χ2v) is 8.10. The lowest BCUT2D eigenvalue weighted by atomic mass is 10.1. The summed E-state index contributed by atoms with van der Waals surface area (Å²) in [5.74, 6) is -0.412. The SMILES string of the molecule is CNS(=O)(=O)c1cc(NC(=O)c2cn[nH]c2-c2ccc(Cl)cc2)ccc1C. The van der Waals surface area contributed by atoms with Crippen molar-refractivity contribution in [2.24, 2.45) is 0 Å². The third-order valence-corrected chi connectivity index (χ3v) is 5.83. The molecule has 0 saturated carbocycles. The molecule has 0 aliphatic rings. The van der Waals surface area contributed by atoms with E-state index in [2.05, 4.69) is 20.2 Å². The maximum atomic E-state index is 12.7. The Morgan fingerprint density at radius 3 is 2.52 bits per heavy atom. The molecule has 0 aliphatic carbocycles. The minimum Gasteiger partial charge on any atom is -0.322 e. The topological polar surface area (TPSA) is 104 Å². The molecule has 0 fully saturated rings. The highest BCUT2D eigenvalue weighted by molar-refractivity contribution is 7.89. The normalized spacial score (nSPS) is 11.4. The van der Waals surface area contributed by atoms with Crippen LogP contribution in [0.2, 0.25) is 5.02 Å². The summed E-state index contributed by atoms with van der Waals surface area (Å²) in [5, 5.41) is 10.0. The number of amides is 1. The molecule has 1 heterocycles. The smallest absolute Gasteiger partial charge is 0.259 e. The summed E-state index contributed by atoms with van der Waals surface area (Å²) in [6.07, 6.45) is 1.42. The number of halogens is 1. The predicted octanol–water partition coefficient (Wildman–Crippen LogP) is 3.20. The summed E-state index contributed by atoms with van der Waals surface area (Å²) in [5.41, 5.74) is 2.56. The van der Waals surface area contributed by atoms with Crippen LogP contribution in [-0.2, 0) is 10.0 Å². The number of nitrogens with zero attached hydrogens (tertiary/aromatic N) is 1. The average Bonchev–Trinajstić information content (AvgIpc) is 3.13. The first kappa shape index (κ1) is 19.1. The maximum Gasteiger partial charge on any atom is 0.259 e. The zero-order chi connectivity index (χ0) is 19.6. The van der Waals surface area contributed by atoms with Crippen LogP contribution in [-0.4, -0.2) is 31.6 Å². The van der Waals surface area contributed by atoms with Gasteiger partial charge < -0.3 is 5.32 Å². The summed E-state index contributed by atoms with van der Waals surface area (Å²) < 4.78 is 26.5.